The minimum absolute atomic E-state index is 0.218. The molecule has 0 unspecified atom stereocenters. The lowest BCUT2D eigenvalue weighted by Gasteiger charge is -2.22. The van der Waals surface area contributed by atoms with Crippen molar-refractivity contribution in [3.63, 3.8) is 0 Å². The molecular weight excluding hydrogens is 294 g/mol. The van der Waals surface area contributed by atoms with Crippen molar-refractivity contribution in [1.29, 1.82) is 0 Å². The molecular formula is C18H21NO4. The Hall–Kier alpha value is -2.69. The molecule has 2 aromatic rings. The first-order chi connectivity index (χ1) is 11.1. The number of nitrogens with zero attached hydrogens (tertiary/aromatic N) is 1. The fourth-order valence-electron chi connectivity index (χ4n) is 2.28. The maximum Gasteiger partial charge on any atom is 0.414 e. The second-order valence-corrected chi connectivity index (χ2v) is 5.07. The highest BCUT2D eigenvalue weighted by molar-refractivity contribution is 5.90. The lowest BCUT2D eigenvalue weighted by atomic mass is 10.1. The summed E-state index contributed by atoms with van der Waals surface area (Å²) in [6, 6.07) is 13.2. The Bertz CT molecular complexity index is 670. The summed E-state index contributed by atoms with van der Waals surface area (Å²) < 4.78 is 16.1. The molecule has 0 radical (unpaired) electrons. The van der Waals surface area contributed by atoms with E-state index in [0.717, 1.165) is 11.1 Å². The molecule has 23 heavy (non-hydrogen) atoms. The van der Waals surface area contributed by atoms with Crippen LogP contribution in [0.15, 0.2) is 42.5 Å². The van der Waals surface area contributed by atoms with Gasteiger partial charge in [-0.3, -0.25) is 4.90 Å². The summed E-state index contributed by atoms with van der Waals surface area (Å²) in [5.41, 5.74) is 2.45. The normalized spacial score (nSPS) is 10.1. The summed E-state index contributed by atoms with van der Waals surface area (Å²) in [6.45, 7) is 2.13. The zero-order valence-corrected chi connectivity index (χ0v) is 13.8. The average Bonchev–Trinajstić information content (AvgIpc) is 2.59. The van der Waals surface area contributed by atoms with Crippen molar-refractivity contribution in [2.45, 2.75) is 13.5 Å². The summed E-state index contributed by atoms with van der Waals surface area (Å²) in [5, 5.41) is 0. The molecule has 2 rings (SSSR count). The summed E-state index contributed by atoms with van der Waals surface area (Å²) in [6.07, 6.45) is -0.460. The Balaban J connectivity index is 2.16. The van der Waals surface area contributed by atoms with Gasteiger partial charge in [0.15, 0.2) is 11.5 Å². The highest BCUT2D eigenvalue weighted by atomic mass is 16.6. The van der Waals surface area contributed by atoms with Gasteiger partial charge in [-0.2, -0.15) is 0 Å². The Labute approximate surface area is 136 Å². The van der Waals surface area contributed by atoms with Gasteiger partial charge in [0, 0.05) is 7.05 Å². The fraction of sp³-hybridized carbons (Fsp3) is 0.278. The number of rotatable bonds is 5. The molecule has 0 bridgehead atoms. The molecule has 2 aromatic carbocycles. The first-order valence-electron chi connectivity index (χ1n) is 7.24. The van der Waals surface area contributed by atoms with Crippen molar-refractivity contribution in [2.75, 3.05) is 26.2 Å². The Morgan fingerprint density at radius 3 is 2.26 bits per heavy atom. The van der Waals surface area contributed by atoms with Crippen molar-refractivity contribution in [2.24, 2.45) is 0 Å². The molecule has 5 nitrogen and oxygen atoms in total. The zero-order valence-electron chi connectivity index (χ0n) is 13.8. The van der Waals surface area contributed by atoms with Crippen LogP contribution in [-0.2, 0) is 11.3 Å². The quantitative estimate of drug-likeness (QED) is 0.842. The number of benzene rings is 2. The Morgan fingerprint density at radius 2 is 1.65 bits per heavy atom. The topological polar surface area (TPSA) is 48.0 Å². The van der Waals surface area contributed by atoms with E-state index in [-0.39, 0.29) is 6.61 Å². The van der Waals surface area contributed by atoms with Gasteiger partial charge in [0.1, 0.15) is 6.61 Å². The highest BCUT2D eigenvalue weighted by Crippen LogP contribution is 2.39. The van der Waals surface area contributed by atoms with E-state index in [1.165, 1.54) is 4.90 Å². The van der Waals surface area contributed by atoms with E-state index >= 15 is 0 Å². The SMILES string of the molecule is COc1c(C)ccc(N(C)C(=O)OCc2ccccc2)c1OC. The van der Waals surface area contributed by atoms with E-state index in [2.05, 4.69) is 0 Å². The van der Waals surface area contributed by atoms with Crippen molar-refractivity contribution in [3.05, 3.63) is 53.6 Å². The summed E-state index contributed by atoms with van der Waals surface area (Å²) in [4.78, 5) is 13.7. The van der Waals surface area contributed by atoms with Crippen molar-refractivity contribution < 1.29 is 19.0 Å². The first kappa shape index (κ1) is 16.7. The van der Waals surface area contributed by atoms with Gasteiger partial charge < -0.3 is 14.2 Å². The van der Waals surface area contributed by atoms with Crippen LogP contribution in [0.1, 0.15) is 11.1 Å². The van der Waals surface area contributed by atoms with Gasteiger partial charge in [-0.15, -0.1) is 0 Å². The minimum atomic E-state index is -0.460. The molecule has 122 valence electrons. The third-order valence-electron chi connectivity index (χ3n) is 3.54. The van der Waals surface area contributed by atoms with Crippen molar-refractivity contribution in [1.82, 2.24) is 0 Å². The smallest absolute Gasteiger partial charge is 0.414 e. The Morgan fingerprint density at radius 1 is 1.00 bits per heavy atom. The van der Waals surface area contributed by atoms with Crippen LogP contribution in [0.3, 0.4) is 0 Å². The Kier molecular flexibility index (Phi) is 5.46. The third-order valence-corrected chi connectivity index (χ3v) is 3.54. The van der Waals surface area contributed by atoms with Gasteiger partial charge in [0.25, 0.3) is 0 Å². The molecule has 5 heteroatoms. The summed E-state index contributed by atoms with van der Waals surface area (Å²) in [7, 11) is 4.76. The predicted octanol–water partition coefficient (Wildman–Crippen LogP) is 3.79. The van der Waals surface area contributed by atoms with Crippen LogP contribution in [0.25, 0.3) is 0 Å². The number of hydrogen-bond donors (Lipinski definition) is 0. The van der Waals surface area contributed by atoms with E-state index in [4.69, 9.17) is 14.2 Å². The number of anilines is 1. The van der Waals surface area contributed by atoms with Crippen LogP contribution in [0.4, 0.5) is 10.5 Å². The number of methoxy groups -OCH3 is 2. The number of aryl methyl sites for hydroxylation is 1. The molecule has 0 N–H and O–H groups in total. The minimum Gasteiger partial charge on any atom is -0.493 e. The lowest BCUT2D eigenvalue weighted by molar-refractivity contribution is 0.148. The lowest BCUT2D eigenvalue weighted by Crippen LogP contribution is -2.27. The maximum absolute atomic E-state index is 12.3. The van der Waals surface area contributed by atoms with E-state index in [1.54, 1.807) is 27.3 Å². The van der Waals surface area contributed by atoms with E-state index in [0.29, 0.717) is 17.2 Å². The van der Waals surface area contributed by atoms with Gasteiger partial charge >= 0.3 is 6.09 Å². The highest BCUT2D eigenvalue weighted by Gasteiger charge is 2.20. The zero-order chi connectivity index (χ0) is 16.8. The van der Waals surface area contributed by atoms with E-state index in [9.17, 15) is 4.79 Å². The van der Waals surface area contributed by atoms with E-state index < -0.39 is 6.09 Å². The van der Waals surface area contributed by atoms with Crippen LogP contribution in [-0.4, -0.2) is 27.4 Å². The molecule has 0 aromatic heterocycles. The third kappa shape index (κ3) is 3.74. The van der Waals surface area contributed by atoms with Crippen LogP contribution < -0.4 is 14.4 Å². The number of ether oxygens (including phenoxy) is 3. The largest absolute Gasteiger partial charge is 0.493 e. The predicted molar refractivity (Wildman–Crippen MR) is 89.3 cm³/mol. The molecule has 0 aliphatic heterocycles. The van der Waals surface area contributed by atoms with E-state index in [1.807, 2.05) is 43.3 Å². The molecule has 0 fully saturated rings. The standard InChI is InChI=1S/C18H21NO4/c1-13-10-11-15(17(22-4)16(13)21-3)19(2)18(20)23-12-14-8-6-5-7-9-14/h5-11H,12H2,1-4H3. The molecule has 0 aliphatic carbocycles. The first-order valence-corrected chi connectivity index (χ1v) is 7.24. The monoisotopic (exact) mass is 315 g/mol. The van der Waals surface area contributed by atoms with Crippen LogP contribution in [0, 0.1) is 6.92 Å². The number of amides is 1. The molecule has 1 amide bonds. The second-order valence-electron chi connectivity index (χ2n) is 5.07. The van der Waals surface area contributed by atoms with Gasteiger partial charge in [-0.25, -0.2) is 4.79 Å². The molecule has 0 atom stereocenters. The van der Waals surface area contributed by atoms with Gasteiger partial charge in [0.2, 0.25) is 0 Å². The second kappa shape index (κ2) is 7.54. The molecule has 0 aliphatic rings. The van der Waals surface area contributed by atoms with Crippen molar-refractivity contribution >= 4 is 11.8 Å². The molecule has 0 heterocycles. The summed E-state index contributed by atoms with van der Waals surface area (Å²) in [5.74, 6) is 1.11. The van der Waals surface area contributed by atoms with Gasteiger partial charge in [-0.05, 0) is 24.1 Å². The van der Waals surface area contributed by atoms with Crippen molar-refractivity contribution in [3.8, 4) is 11.5 Å². The maximum atomic E-state index is 12.3. The van der Waals surface area contributed by atoms with Crippen LogP contribution in [0.5, 0.6) is 11.5 Å². The summed E-state index contributed by atoms with van der Waals surface area (Å²) >= 11 is 0. The molecule has 0 spiro atoms. The molecule has 0 saturated carbocycles. The number of carbonyl (C=O) groups is 1. The van der Waals surface area contributed by atoms with Crippen LogP contribution >= 0.6 is 0 Å². The van der Waals surface area contributed by atoms with Crippen LogP contribution in [0.2, 0.25) is 0 Å². The van der Waals surface area contributed by atoms with Gasteiger partial charge in [-0.1, -0.05) is 36.4 Å². The fourth-order valence-corrected chi connectivity index (χ4v) is 2.28. The number of carbonyl (C=O) groups excluding carboxylic acids is 1. The molecule has 0 saturated heterocycles. The average molecular weight is 315 g/mol. The van der Waals surface area contributed by atoms with Gasteiger partial charge in [0.05, 0.1) is 19.9 Å². The number of hydrogen-bond acceptors (Lipinski definition) is 4.